The summed E-state index contributed by atoms with van der Waals surface area (Å²) in [4.78, 5) is 0. The van der Waals surface area contributed by atoms with Crippen LogP contribution in [0.3, 0.4) is 0 Å². The number of unbranched alkanes of at least 4 members (excludes halogenated alkanes) is 1. The number of hydrogen-bond acceptors (Lipinski definition) is 5. The van der Waals surface area contributed by atoms with Crippen molar-refractivity contribution in [3.8, 4) is 0 Å². The average molecular weight is 302 g/mol. The molecule has 0 atom stereocenters. The second kappa shape index (κ2) is 11.0. The molecule has 0 aliphatic heterocycles. The minimum Gasteiger partial charge on any atom is -0.505 e. The van der Waals surface area contributed by atoms with Gasteiger partial charge >= 0.3 is 8.80 Å². The second-order valence-corrected chi connectivity index (χ2v) is 7.18. The van der Waals surface area contributed by atoms with E-state index in [1.807, 2.05) is 32.9 Å². The summed E-state index contributed by atoms with van der Waals surface area (Å²) in [5, 5.41) is 0. The third-order valence-electron chi connectivity index (χ3n) is 2.63. The minimum absolute atomic E-state index is 0.378. The molecule has 4 N–H and O–H groups in total. The highest BCUT2D eigenvalue weighted by molar-refractivity contribution is 6.61. The van der Waals surface area contributed by atoms with E-state index in [2.05, 4.69) is 6.58 Å². The van der Waals surface area contributed by atoms with Gasteiger partial charge in [0.05, 0.1) is 11.9 Å². The fourth-order valence-corrected chi connectivity index (χ4v) is 4.50. The molecule has 0 aliphatic carbocycles. The summed E-state index contributed by atoms with van der Waals surface area (Å²) < 4.78 is 17.7. The van der Waals surface area contributed by atoms with Gasteiger partial charge in [0.15, 0.2) is 0 Å². The number of hydrogen-bond donors (Lipinski definition) is 2. The lowest BCUT2D eigenvalue weighted by atomic mass is 10.3. The first kappa shape index (κ1) is 19.3. The molecular weight excluding hydrogens is 272 g/mol. The van der Waals surface area contributed by atoms with Crippen LogP contribution in [0.4, 0.5) is 0 Å². The zero-order valence-corrected chi connectivity index (χ0v) is 14.1. The van der Waals surface area contributed by atoms with Crippen LogP contribution in [0.1, 0.15) is 40.0 Å². The third-order valence-corrected chi connectivity index (χ3v) is 5.62. The zero-order valence-electron chi connectivity index (χ0n) is 13.1. The Labute approximate surface area is 124 Å². The lowest BCUT2D eigenvalue weighted by molar-refractivity contribution is 0.0905. The summed E-state index contributed by atoms with van der Waals surface area (Å²) in [6.45, 7) is 10.6. The highest BCUT2D eigenvalue weighted by Gasteiger charge is 2.42. The molecule has 0 aliphatic rings. The van der Waals surface area contributed by atoms with Crippen LogP contribution in [-0.4, -0.2) is 28.2 Å². The molecule has 6 heteroatoms. The molecule has 0 saturated carbocycles. The van der Waals surface area contributed by atoms with Gasteiger partial charge in [-0.3, -0.25) is 0 Å². The molecule has 5 nitrogen and oxygen atoms in total. The quantitative estimate of drug-likeness (QED) is 0.190. The predicted octanol–water partition coefficient (Wildman–Crippen LogP) is 2.52. The SMILES string of the molecule is C=CCCC=C(C)O[Si](CCC(N)N)(OCC)OCC. The van der Waals surface area contributed by atoms with Crippen LogP contribution in [0, 0.1) is 0 Å². The molecule has 0 aromatic heterocycles. The van der Waals surface area contributed by atoms with Crippen molar-refractivity contribution in [2.24, 2.45) is 11.5 Å². The maximum atomic E-state index is 6.03. The summed E-state index contributed by atoms with van der Waals surface area (Å²) in [5.41, 5.74) is 11.3. The topological polar surface area (TPSA) is 79.7 Å². The van der Waals surface area contributed by atoms with Crippen molar-refractivity contribution in [2.45, 2.75) is 52.2 Å². The zero-order chi connectivity index (χ0) is 15.4. The molecule has 0 fully saturated rings. The van der Waals surface area contributed by atoms with E-state index in [1.54, 1.807) is 0 Å². The van der Waals surface area contributed by atoms with E-state index in [1.165, 1.54) is 0 Å². The first-order chi connectivity index (χ1) is 9.49. The van der Waals surface area contributed by atoms with E-state index in [0.717, 1.165) is 18.6 Å². The van der Waals surface area contributed by atoms with E-state index < -0.39 is 8.80 Å². The minimum atomic E-state index is -2.74. The molecule has 0 saturated heterocycles. The fourth-order valence-electron chi connectivity index (χ4n) is 1.77. The molecular formula is C14H30N2O3Si. The molecule has 0 spiro atoms. The third kappa shape index (κ3) is 8.50. The first-order valence-electron chi connectivity index (χ1n) is 7.25. The normalized spacial score (nSPS) is 12.8. The number of allylic oxidation sites excluding steroid dienone is 3. The van der Waals surface area contributed by atoms with Crippen molar-refractivity contribution in [1.29, 1.82) is 0 Å². The summed E-state index contributed by atoms with van der Waals surface area (Å²) >= 11 is 0. The highest BCUT2D eigenvalue weighted by atomic mass is 28.4. The van der Waals surface area contributed by atoms with Gasteiger partial charge in [0.2, 0.25) is 0 Å². The predicted molar refractivity (Wildman–Crippen MR) is 84.9 cm³/mol. The fraction of sp³-hybridized carbons (Fsp3) is 0.714. The standard InChI is InChI=1S/C14H30N2O3Si/c1-5-8-9-10-13(4)19-20(17-6-2,18-7-3)12-11-14(15)16/h5,10,14H,1,6-9,11-12,15-16H2,2-4H3. The van der Waals surface area contributed by atoms with Gasteiger partial charge < -0.3 is 24.7 Å². The molecule has 0 unspecified atom stereocenters. The second-order valence-electron chi connectivity index (χ2n) is 4.53. The van der Waals surface area contributed by atoms with Gasteiger partial charge in [-0.1, -0.05) is 6.08 Å². The van der Waals surface area contributed by atoms with Crippen LogP contribution in [0.5, 0.6) is 0 Å². The lowest BCUT2D eigenvalue weighted by Gasteiger charge is -2.30. The van der Waals surface area contributed by atoms with Crippen LogP contribution < -0.4 is 11.5 Å². The summed E-state index contributed by atoms with van der Waals surface area (Å²) in [6.07, 6.45) is 5.97. The number of nitrogens with two attached hydrogens (primary N) is 2. The number of rotatable bonds is 12. The van der Waals surface area contributed by atoms with E-state index >= 15 is 0 Å². The molecule has 0 heterocycles. The monoisotopic (exact) mass is 302 g/mol. The van der Waals surface area contributed by atoms with Crippen molar-refractivity contribution in [1.82, 2.24) is 0 Å². The van der Waals surface area contributed by atoms with Crippen LogP contribution in [0.15, 0.2) is 24.5 Å². The van der Waals surface area contributed by atoms with Crippen molar-refractivity contribution in [3.63, 3.8) is 0 Å². The molecule has 0 amide bonds. The van der Waals surface area contributed by atoms with Gasteiger partial charge in [0, 0.05) is 19.3 Å². The van der Waals surface area contributed by atoms with Gasteiger partial charge in [-0.05, 0) is 46.1 Å². The van der Waals surface area contributed by atoms with Gasteiger partial charge in [-0.25, -0.2) is 0 Å². The molecule has 20 heavy (non-hydrogen) atoms. The van der Waals surface area contributed by atoms with E-state index in [0.29, 0.717) is 25.7 Å². The van der Waals surface area contributed by atoms with Gasteiger partial charge in [-0.2, -0.15) is 0 Å². The van der Waals surface area contributed by atoms with Crippen LogP contribution in [-0.2, 0) is 13.3 Å². The molecule has 0 aromatic carbocycles. The van der Waals surface area contributed by atoms with Crippen LogP contribution >= 0.6 is 0 Å². The Bertz CT molecular complexity index is 290. The molecule has 0 aromatic rings. The average Bonchev–Trinajstić information content (AvgIpc) is 2.37. The van der Waals surface area contributed by atoms with Crippen LogP contribution in [0.25, 0.3) is 0 Å². The van der Waals surface area contributed by atoms with E-state index in [9.17, 15) is 0 Å². The Kier molecular flexibility index (Phi) is 10.7. The molecule has 0 radical (unpaired) electrons. The Morgan fingerprint density at radius 3 is 2.25 bits per heavy atom. The highest BCUT2D eigenvalue weighted by Crippen LogP contribution is 2.22. The lowest BCUT2D eigenvalue weighted by Crippen LogP contribution is -2.47. The smallest absolute Gasteiger partial charge is 0.505 e. The van der Waals surface area contributed by atoms with Crippen LogP contribution in [0.2, 0.25) is 6.04 Å². The Morgan fingerprint density at radius 1 is 1.20 bits per heavy atom. The Hall–Kier alpha value is -0.663. The van der Waals surface area contributed by atoms with Crippen molar-refractivity contribution >= 4 is 8.80 Å². The van der Waals surface area contributed by atoms with E-state index in [-0.39, 0.29) is 6.17 Å². The largest absolute Gasteiger partial charge is 0.565 e. The molecule has 0 bridgehead atoms. The van der Waals surface area contributed by atoms with Crippen molar-refractivity contribution < 1.29 is 13.3 Å². The summed E-state index contributed by atoms with van der Waals surface area (Å²) in [6, 6.07) is 0.624. The molecule has 0 rings (SSSR count). The Morgan fingerprint density at radius 2 is 1.80 bits per heavy atom. The van der Waals surface area contributed by atoms with Crippen molar-refractivity contribution in [2.75, 3.05) is 13.2 Å². The summed E-state index contributed by atoms with van der Waals surface area (Å²) in [7, 11) is -2.74. The Balaban J connectivity index is 4.77. The van der Waals surface area contributed by atoms with Gasteiger partial charge in [0.1, 0.15) is 0 Å². The maximum absolute atomic E-state index is 6.03. The first-order valence-corrected chi connectivity index (χ1v) is 9.18. The van der Waals surface area contributed by atoms with Gasteiger partial charge in [0.25, 0.3) is 0 Å². The maximum Gasteiger partial charge on any atom is 0.565 e. The van der Waals surface area contributed by atoms with Gasteiger partial charge in [-0.15, -0.1) is 6.58 Å². The van der Waals surface area contributed by atoms with Crippen molar-refractivity contribution in [3.05, 3.63) is 24.5 Å². The van der Waals surface area contributed by atoms with E-state index in [4.69, 9.17) is 24.7 Å². The molecule has 118 valence electrons. The summed E-state index contributed by atoms with van der Waals surface area (Å²) in [5.74, 6) is 0.825.